The summed E-state index contributed by atoms with van der Waals surface area (Å²) >= 11 is 1.29. The molecule has 106 valence electrons. The lowest BCUT2D eigenvalue weighted by Crippen LogP contribution is -2.03. The Balaban J connectivity index is 1.89. The molecule has 6 nitrogen and oxygen atoms in total. The Bertz CT molecular complexity index is 816. The number of esters is 1. The van der Waals surface area contributed by atoms with E-state index in [9.17, 15) is 4.79 Å². The fraction of sp³-hybridized carbons (Fsp3) is 0.0714. The molecule has 2 N–H and O–H groups in total. The predicted molar refractivity (Wildman–Crippen MR) is 78.1 cm³/mol. The van der Waals surface area contributed by atoms with E-state index in [1.807, 2.05) is 0 Å². The molecule has 0 aliphatic carbocycles. The van der Waals surface area contributed by atoms with Crippen LogP contribution in [0.1, 0.15) is 10.5 Å². The minimum atomic E-state index is -0.484. The van der Waals surface area contributed by atoms with Gasteiger partial charge in [-0.25, -0.2) is 14.8 Å². The highest BCUT2D eigenvalue weighted by Crippen LogP contribution is 2.30. The molecular formula is C14H11N3O3S. The molecule has 0 spiro atoms. The number of fused-ring (bicyclic) bond motifs is 1. The van der Waals surface area contributed by atoms with E-state index in [-0.39, 0.29) is 5.69 Å². The van der Waals surface area contributed by atoms with E-state index < -0.39 is 5.97 Å². The fourth-order valence-electron chi connectivity index (χ4n) is 1.76. The van der Waals surface area contributed by atoms with E-state index in [0.29, 0.717) is 22.0 Å². The highest BCUT2D eigenvalue weighted by molar-refractivity contribution is 7.99. The number of carbonyl (C=O) groups excluding carboxylic acids is 1. The van der Waals surface area contributed by atoms with Gasteiger partial charge in [0.2, 0.25) is 0 Å². The number of nitrogen functional groups attached to an aromatic ring is 1. The highest BCUT2D eigenvalue weighted by Gasteiger charge is 2.11. The third kappa shape index (κ3) is 2.82. The van der Waals surface area contributed by atoms with Crippen molar-refractivity contribution in [3.05, 3.63) is 42.2 Å². The molecule has 1 aromatic carbocycles. The van der Waals surface area contributed by atoms with Crippen LogP contribution in [0, 0.1) is 0 Å². The van der Waals surface area contributed by atoms with Gasteiger partial charge >= 0.3 is 5.97 Å². The van der Waals surface area contributed by atoms with E-state index in [0.717, 1.165) is 4.90 Å². The maximum absolute atomic E-state index is 11.4. The van der Waals surface area contributed by atoms with Crippen molar-refractivity contribution in [2.45, 2.75) is 10.1 Å². The second-order valence-electron chi connectivity index (χ2n) is 4.18. The lowest BCUT2D eigenvalue weighted by Gasteiger charge is -2.00. The van der Waals surface area contributed by atoms with Gasteiger partial charge in [0.1, 0.15) is 11.2 Å². The summed E-state index contributed by atoms with van der Waals surface area (Å²) in [5.41, 5.74) is 7.93. The number of anilines is 1. The van der Waals surface area contributed by atoms with E-state index in [1.54, 1.807) is 30.3 Å². The third-order valence-electron chi connectivity index (χ3n) is 2.72. The van der Waals surface area contributed by atoms with Crippen LogP contribution in [0.15, 0.2) is 51.1 Å². The van der Waals surface area contributed by atoms with Crippen LogP contribution in [0.3, 0.4) is 0 Å². The van der Waals surface area contributed by atoms with Crippen molar-refractivity contribution < 1.29 is 13.9 Å². The van der Waals surface area contributed by atoms with Gasteiger partial charge in [-0.3, -0.25) is 0 Å². The molecule has 3 rings (SSSR count). The summed E-state index contributed by atoms with van der Waals surface area (Å²) in [6.07, 6.45) is 1.54. The van der Waals surface area contributed by atoms with Gasteiger partial charge < -0.3 is 14.9 Å². The van der Waals surface area contributed by atoms with Crippen molar-refractivity contribution in [3.8, 4) is 0 Å². The molecular weight excluding hydrogens is 290 g/mol. The summed E-state index contributed by atoms with van der Waals surface area (Å²) in [5.74, 6) is -0.484. The highest BCUT2D eigenvalue weighted by atomic mass is 32.2. The summed E-state index contributed by atoms with van der Waals surface area (Å²) in [5, 5.41) is 0.470. The topological polar surface area (TPSA) is 91.2 Å². The molecule has 0 aliphatic rings. The first-order valence-corrected chi connectivity index (χ1v) is 6.85. The number of rotatable bonds is 3. The van der Waals surface area contributed by atoms with E-state index in [2.05, 4.69) is 14.7 Å². The average Bonchev–Trinajstić information content (AvgIpc) is 2.88. The first-order chi connectivity index (χ1) is 10.2. The third-order valence-corrected chi connectivity index (χ3v) is 3.56. The zero-order chi connectivity index (χ0) is 14.8. The second-order valence-corrected chi connectivity index (χ2v) is 5.20. The number of hydrogen-bond donors (Lipinski definition) is 1. The monoisotopic (exact) mass is 301 g/mol. The Kier molecular flexibility index (Phi) is 3.49. The summed E-state index contributed by atoms with van der Waals surface area (Å²) in [6, 6.07) is 8.66. The van der Waals surface area contributed by atoms with Crippen LogP contribution in [-0.2, 0) is 4.74 Å². The minimum absolute atomic E-state index is 0.239. The Morgan fingerprint density at radius 1 is 1.33 bits per heavy atom. The Morgan fingerprint density at radius 2 is 2.19 bits per heavy atom. The van der Waals surface area contributed by atoms with Gasteiger partial charge in [-0.2, -0.15) is 0 Å². The molecule has 0 atom stereocenters. The van der Waals surface area contributed by atoms with E-state index in [1.165, 1.54) is 25.1 Å². The zero-order valence-corrected chi connectivity index (χ0v) is 11.9. The number of ether oxygens (including phenoxy) is 1. The summed E-state index contributed by atoms with van der Waals surface area (Å²) in [6.45, 7) is 0. The van der Waals surface area contributed by atoms with Gasteiger partial charge in [-0.1, -0.05) is 0 Å². The molecule has 21 heavy (non-hydrogen) atoms. The van der Waals surface area contributed by atoms with Crippen LogP contribution >= 0.6 is 11.8 Å². The molecule has 0 saturated heterocycles. The van der Waals surface area contributed by atoms with Crippen LogP contribution < -0.4 is 5.73 Å². The Morgan fingerprint density at radius 3 is 3.00 bits per heavy atom. The summed E-state index contributed by atoms with van der Waals surface area (Å²) in [4.78, 5) is 20.5. The minimum Gasteiger partial charge on any atom is -0.464 e. The van der Waals surface area contributed by atoms with Gasteiger partial charge in [0, 0.05) is 16.8 Å². The van der Waals surface area contributed by atoms with Gasteiger partial charge in [0.05, 0.1) is 7.11 Å². The SMILES string of the molecule is COC(=O)c1cc(Sc2nc3cc(N)ccc3o2)ccn1. The van der Waals surface area contributed by atoms with Crippen molar-refractivity contribution >= 4 is 34.5 Å². The number of nitrogens with zero attached hydrogens (tertiary/aromatic N) is 2. The summed E-state index contributed by atoms with van der Waals surface area (Å²) in [7, 11) is 1.31. The van der Waals surface area contributed by atoms with Gasteiger partial charge in [-0.05, 0) is 42.1 Å². The standard InChI is InChI=1S/C14H11N3O3S/c1-19-13(18)11-7-9(4-5-16-11)21-14-17-10-6-8(15)2-3-12(10)20-14/h2-7H,15H2,1H3. The predicted octanol–water partition coefficient (Wildman–Crippen LogP) is 2.74. The van der Waals surface area contributed by atoms with Crippen LogP contribution in [0.2, 0.25) is 0 Å². The van der Waals surface area contributed by atoms with Crippen molar-refractivity contribution in [1.82, 2.24) is 9.97 Å². The van der Waals surface area contributed by atoms with Crippen LogP contribution in [0.4, 0.5) is 5.69 Å². The molecule has 3 aromatic rings. The lowest BCUT2D eigenvalue weighted by atomic mass is 10.3. The fourth-order valence-corrected chi connectivity index (χ4v) is 2.54. The molecule has 2 aromatic heterocycles. The maximum atomic E-state index is 11.4. The Hall–Kier alpha value is -2.54. The van der Waals surface area contributed by atoms with Crippen molar-refractivity contribution in [3.63, 3.8) is 0 Å². The zero-order valence-electron chi connectivity index (χ0n) is 11.1. The number of carbonyl (C=O) groups is 1. The molecule has 7 heteroatoms. The van der Waals surface area contributed by atoms with Crippen molar-refractivity contribution in [2.75, 3.05) is 12.8 Å². The summed E-state index contributed by atoms with van der Waals surface area (Å²) < 4.78 is 10.3. The smallest absolute Gasteiger partial charge is 0.356 e. The number of aromatic nitrogens is 2. The number of nitrogens with two attached hydrogens (primary N) is 1. The van der Waals surface area contributed by atoms with Gasteiger partial charge in [-0.15, -0.1) is 0 Å². The number of hydrogen-bond acceptors (Lipinski definition) is 7. The molecule has 0 unspecified atom stereocenters. The molecule has 0 amide bonds. The molecule has 0 saturated carbocycles. The second kappa shape index (κ2) is 5.45. The van der Waals surface area contributed by atoms with E-state index in [4.69, 9.17) is 10.2 Å². The molecule has 2 heterocycles. The molecule has 0 radical (unpaired) electrons. The van der Waals surface area contributed by atoms with Gasteiger partial charge in [0.25, 0.3) is 5.22 Å². The van der Waals surface area contributed by atoms with Crippen molar-refractivity contribution in [2.24, 2.45) is 0 Å². The quantitative estimate of drug-likeness (QED) is 0.587. The molecule has 0 fully saturated rings. The lowest BCUT2D eigenvalue weighted by molar-refractivity contribution is 0.0593. The molecule has 0 bridgehead atoms. The van der Waals surface area contributed by atoms with Crippen LogP contribution in [-0.4, -0.2) is 23.0 Å². The van der Waals surface area contributed by atoms with Gasteiger partial charge in [0.15, 0.2) is 5.58 Å². The largest absolute Gasteiger partial charge is 0.464 e. The molecule has 0 aliphatic heterocycles. The van der Waals surface area contributed by atoms with Crippen LogP contribution in [0.25, 0.3) is 11.1 Å². The van der Waals surface area contributed by atoms with Crippen molar-refractivity contribution in [1.29, 1.82) is 0 Å². The number of benzene rings is 1. The first-order valence-electron chi connectivity index (χ1n) is 6.04. The van der Waals surface area contributed by atoms with Crippen LogP contribution in [0.5, 0.6) is 0 Å². The maximum Gasteiger partial charge on any atom is 0.356 e. The van der Waals surface area contributed by atoms with E-state index >= 15 is 0 Å². The first kappa shape index (κ1) is 13.4. The number of pyridine rings is 1. The normalized spacial score (nSPS) is 10.7. The average molecular weight is 301 g/mol. The number of oxazole rings is 1. The number of methoxy groups -OCH3 is 1. The Labute approximate surface area is 124 Å².